The van der Waals surface area contributed by atoms with Gasteiger partial charge >= 0.3 is 0 Å². The molecule has 1 aliphatic rings. The Morgan fingerprint density at radius 3 is 2.57 bits per heavy atom. The van der Waals surface area contributed by atoms with Crippen LogP contribution < -0.4 is 5.32 Å². The Kier molecular flexibility index (Phi) is 4.26. The summed E-state index contributed by atoms with van der Waals surface area (Å²) in [6.07, 6.45) is 0.0754. The molecule has 142 valence electrons. The van der Waals surface area contributed by atoms with Crippen LogP contribution in [0.1, 0.15) is 45.1 Å². The number of phenolic OH excluding ortho intramolecular Hbond substituents is 1. The Morgan fingerprint density at radius 2 is 1.86 bits per heavy atom. The van der Waals surface area contributed by atoms with Gasteiger partial charge in [-0.3, -0.25) is 9.59 Å². The highest BCUT2D eigenvalue weighted by atomic mass is 16.3. The van der Waals surface area contributed by atoms with E-state index in [0.717, 1.165) is 22.4 Å². The van der Waals surface area contributed by atoms with Gasteiger partial charge in [-0.05, 0) is 62.2 Å². The number of hydrogen-bond donors (Lipinski definition) is 2. The van der Waals surface area contributed by atoms with Crippen LogP contribution in [0.3, 0.4) is 0 Å². The number of nitrogens with zero attached hydrogens (tertiary/aromatic N) is 2. The van der Waals surface area contributed by atoms with Crippen molar-refractivity contribution in [2.45, 2.75) is 33.1 Å². The number of aromatic hydroxyl groups is 1. The van der Waals surface area contributed by atoms with E-state index in [4.69, 9.17) is 0 Å². The van der Waals surface area contributed by atoms with Gasteiger partial charge in [-0.2, -0.15) is 5.10 Å². The zero-order valence-corrected chi connectivity index (χ0v) is 16.0. The molecular weight excluding hydrogens is 354 g/mol. The van der Waals surface area contributed by atoms with Crippen molar-refractivity contribution in [3.8, 4) is 11.4 Å². The molecule has 1 aromatic heterocycles. The normalized spacial score (nSPS) is 15.8. The number of nitrogens with one attached hydrogen (secondary N) is 1. The standard InChI is InChI=1S/C22H21N3O3/c1-12-5-4-6-18(13(12)2)25-22-20(14(3)24-25)17(11-19(27)23-22)21(28)15-7-9-16(26)10-8-15/h4-10,17,26H,11H2,1-3H3,(H,23,27)/t17-/m0/s1. The summed E-state index contributed by atoms with van der Waals surface area (Å²) in [4.78, 5) is 25.6. The molecule has 0 bridgehead atoms. The van der Waals surface area contributed by atoms with Gasteiger partial charge in [0.25, 0.3) is 0 Å². The molecule has 2 heterocycles. The molecule has 0 spiro atoms. The Morgan fingerprint density at radius 1 is 1.14 bits per heavy atom. The first-order valence-electron chi connectivity index (χ1n) is 9.16. The molecule has 6 heteroatoms. The van der Waals surface area contributed by atoms with E-state index in [1.807, 2.05) is 39.0 Å². The molecule has 0 saturated carbocycles. The van der Waals surface area contributed by atoms with Crippen molar-refractivity contribution in [2.75, 3.05) is 5.32 Å². The van der Waals surface area contributed by atoms with Gasteiger partial charge in [-0.15, -0.1) is 0 Å². The Balaban J connectivity index is 1.84. The highest BCUT2D eigenvalue weighted by Crippen LogP contribution is 2.38. The monoisotopic (exact) mass is 375 g/mol. The molecule has 0 fully saturated rings. The van der Waals surface area contributed by atoms with Crippen molar-refractivity contribution in [3.05, 3.63) is 70.4 Å². The van der Waals surface area contributed by atoms with E-state index >= 15 is 0 Å². The number of Topliss-reactive ketones (excluding diaryl/α,β-unsaturated/α-hetero) is 1. The first-order valence-corrected chi connectivity index (χ1v) is 9.16. The van der Waals surface area contributed by atoms with Gasteiger partial charge in [0.05, 0.1) is 17.3 Å². The summed E-state index contributed by atoms with van der Waals surface area (Å²) in [5, 5.41) is 17.0. The first kappa shape index (κ1) is 18.0. The van der Waals surface area contributed by atoms with Crippen LogP contribution in [0.2, 0.25) is 0 Å². The van der Waals surface area contributed by atoms with Crippen molar-refractivity contribution < 1.29 is 14.7 Å². The highest BCUT2D eigenvalue weighted by molar-refractivity contribution is 6.08. The fraction of sp³-hybridized carbons (Fsp3) is 0.227. The summed E-state index contributed by atoms with van der Waals surface area (Å²) in [5.41, 5.74) is 4.99. The van der Waals surface area contributed by atoms with Crippen LogP contribution in [-0.4, -0.2) is 26.6 Å². The number of anilines is 1. The second kappa shape index (κ2) is 6.64. The van der Waals surface area contributed by atoms with E-state index in [2.05, 4.69) is 10.4 Å². The predicted octanol–water partition coefficient (Wildman–Crippen LogP) is 3.81. The molecule has 0 saturated heterocycles. The van der Waals surface area contributed by atoms with E-state index in [1.165, 1.54) is 12.1 Å². The molecule has 0 radical (unpaired) electrons. The van der Waals surface area contributed by atoms with Crippen molar-refractivity contribution in [3.63, 3.8) is 0 Å². The van der Waals surface area contributed by atoms with Gasteiger partial charge in [-0.25, -0.2) is 4.68 Å². The third-order valence-corrected chi connectivity index (χ3v) is 5.38. The van der Waals surface area contributed by atoms with Crippen LogP contribution in [0, 0.1) is 20.8 Å². The quantitative estimate of drug-likeness (QED) is 0.682. The summed E-state index contributed by atoms with van der Waals surface area (Å²) in [7, 11) is 0. The molecule has 1 atom stereocenters. The summed E-state index contributed by atoms with van der Waals surface area (Å²) >= 11 is 0. The molecule has 2 aromatic carbocycles. The second-order valence-electron chi connectivity index (χ2n) is 7.19. The molecule has 4 rings (SSSR count). The number of ketones is 1. The Hall–Kier alpha value is -3.41. The number of phenols is 1. The van der Waals surface area contributed by atoms with Crippen LogP contribution in [0.5, 0.6) is 5.75 Å². The van der Waals surface area contributed by atoms with Crippen LogP contribution in [0.4, 0.5) is 5.82 Å². The van der Waals surface area contributed by atoms with Gasteiger partial charge in [-0.1, -0.05) is 12.1 Å². The van der Waals surface area contributed by atoms with E-state index in [9.17, 15) is 14.7 Å². The third kappa shape index (κ3) is 2.87. The van der Waals surface area contributed by atoms with Gasteiger partial charge in [0.1, 0.15) is 11.6 Å². The zero-order chi connectivity index (χ0) is 20.0. The number of aryl methyl sites for hydroxylation is 2. The minimum absolute atomic E-state index is 0.0754. The maximum atomic E-state index is 13.1. The van der Waals surface area contributed by atoms with Gasteiger partial charge < -0.3 is 10.4 Å². The van der Waals surface area contributed by atoms with Crippen LogP contribution in [-0.2, 0) is 4.79 Å². The molecule has 2 N–H and O–H groups in total. The van der Waals surface area contributed by atoms with E-state index < -0.39 is 5.92 Å². The Labute approximate surface area is 162 Å². The van der Waals surface area contributed by atoms with Crippen LogP contribution in [0.25, 0.3) is 5.69 Å². The smallest absolute Gasteiger partial charge is 0.226 e. The van der Waals surface area contributed by atoms with Crippen molar-refractivity contribution in [1.82, 2.24) is 9.78 Å². The number of benzene rings is 2. The number of carbonyl (C=O) groups is 2. The largest absolute Gasteiger partial charge is 0.508 e. The molecular formula is C22H21N3O3. The lowest BCUT2D eigenvalue weighted by Crippen LogP contribution is -2.28. The lowest BCUT2D eigenvalue weighted by Gasteiger charge is -2.23. The average molecular weight is 375 g/mol. The van der Waals surface area contributed by atoms with E-state index in [1.54, 1.807) is 16.8 Å². The number of carbonyl (C=O) groups excluding carboxylic acids is 2. The van der Waals surface area contributed by atoms with Gasteiger partial charge in [0.15, 0.2) is 5.78 Å². The van der Waals surface area contributed by atoms with Crippen LogP contribution >= 0.6 is 0 Å². The predicted molar refractivity (Wildman–Crippen MR) is 106 cm³/mol. The highest BCUT2D eigenvalue weighted by Gasteiger charge is 2.36. The summed E-state index contributed by atoms with van der Waals surface area (Å²) in [6, 6.07) is 12.0. The second-order valence-corrected chi connectivity index (χ2v) is 7.19. The molecule has 3 aromatic rings. The van der Waals surface area contributed by atoms with Crippen LogP contribution in [0.15, 0.2) is 42.5 Å². The van der Waals surface area contributed by atoms with Crippen molar-refractivity contribution in [2.24, 2.45) is 0 Å². The third-order valence-electron chi connectivity index (χ3n) is 5.38. The minimum atomic E-state index is -0.604. The molecule has 0 unspecified atom stereocenters. The summed E-state index contributed by atoms with van der Waals surface area (Å²) in [6.45, 7) is 5.89. The molecule has 0 aliphatic carbocycles. The topological polar surface area (TPSA) is 84.2 Å². The minimum Gasteiger partial charge on any atom is -0.508 e. The molecule has 6 nitrogen and oxygen atoms in total. The lowest BCUT2D eigenvalue weighted by atomic mass is 9.85. The SMILES string of the molecule is Cc1cccc(-n2nc(C)c3c2NC(=O)C[C@@H]3C(=O)c2ccc(O)cc2)c1C. The van der Waals surface area contributed by atoms with Gasteiger partial charge in [0.2, 0.25) is 5.91 Å². The van der Waals surface area contributed by atoms with Gasteiger partial charge in [0, 0.05) is 17.5 Å². The lowest BCUT2D eigenvalue weighted by molar-refractivity contribution is -0.116. The molecule has 1 aliphatic heterocycles. The van der Waals surface area contributed by atoms with E-state index in [-0.39, 0.29) is 23.9 Å². The molecule has 28 heavy (non-hydrogen) atoms. The fourth-order valence-electron chi connectivity index (χ4n) is 3.74. The number of amides is 1. The summed E-state index contributed by atoms with van der Waals surface area (Å²) in [5.74, 6) is -0.319. The zero-order valence-electron chi connectivity index (χ0n) is 16.0. The average Bonchev–Trinajstić information content (AvgIpc) is 2.99. The maximum absolute atomic E-state index is 13.1. The number of fused-ring (bicyclic) bond motifs is 1. The van der Waals surface area contributed by atoms with Crippen molar-refractivity contribution in [1.29, 1.82) is 0 Å². The number of aromatic nitrogens is 2. The first-order chi connectivity index (χ1) is 13.4. The number of rotatable bonds is 3. The fourth-order valence-corrected chi connectivity index (χ4v) is 3.74. The summed E-state index contributed by atoms with van der Waals surface area (Å²) < 4.78 is 1.72. The Bertz CT molecular complexity index is 1100. The number of hydrogen-bond acceptors (Lipinski definition) is 4. The maximum Gasteiger partial charge on any atom is 0.226 e. The van der Waals surface area contributed by atoms with E-state index in [0.29, 0.717) is 17.1 Å². The molecule has 1 amide bonds. The van der Waals surface area contributed by atoms with Crippen molar-refractivity contribution >= 4 is 17.5 Å².